The number of carbonyl (C=O) groups is 3. The highest BCUT2D eigenvalue weighted by Gasteiger charge is 2.37. The number of aryl methyl sites for hydroxylation is 2. The van der Waals surface area contributed by atoms with Gasteiger partial charge in [-0.1, -0.05) is 36.4 Å². The van der Waals surface area contributed by atoms with E-state index in [0.717, 1.165) is 26.8 Å². The summed E-state index contributed by atoms with van der Waals surface area (Å²) in [5, 5.41) is 14.8. The van der Waals surface area contributed by atoms with Crippen LogP contribution in [0.2, 0.25) is 0 Å². The highest BCUT2D eigenvalue weighted by atomic mass is 16.6. The molecule has 0 saturated carbocycles. The van der Waals surface area contributed by atoms with E-state index >= 15 is 0 Å². The topological polar surface area (TPSA) is 119 Å². The number of hydrogen-bond acceptors (Lipinski definition) is 6. The molecule has 194 valence electrons. The Balaban J connectivity index is 1.55. The van der Waals surface area contributed by atoms with Crippen LogP contribution in [-0.2, 0) is 16.2 Å². The van der Waals surface area contributed by atoms with Crippen molar-refractivity contribution in [2.24, 2.45) is 0 Å². The summed E-state index contributed by atoms with van der Waals surface area (Å²) in [6, 6.07) is 21.5. The van der Waals surface area contributed by atoms with Gasteiger partial charge in [0.25, 0.3) is 17.5 Å². The predicted octanol–water partition coefficient (Wildman–Crippen LogP) is 5.61. The number of nitro groups is 1. The fourth-order valence-electron chi connectivity index (χ4n) is 4.54. The van der Waals surface area contributed by atoms with Gasteiger partial charge in [-0.25, -0.2) is 9.69 Å². The molecule has 5 rings (SSSR count). The Hall–Kier alpha value is -5.31. The van der Waals surface area contributed by atoms with Crippen LogP contribution in [0.25, 0.3) is 16.8 Å². The number of carbonyl (C=O) groups excluding carboxylic acids is 3. The van der Waals surface area contributed by atoms with E-state index in [4.69, 9.17) is 4.74 Å². The molecular formula is C30H23N3O6. The maximum absolute atomic E-state index is 13.6. The van der Waals surface area contributed by atoms with Crippen LogP contribution in [0.15, 0.2) is 84.4 Å². The van der Waals surface area contributed by atoms with E-state index in [-0.39, 0.29) is 17.9 Å². The third kappa shape index (κ3) is 5.10. The summed E-state index contributed by atoms with van der Waals surface area (Å²) in [6.07, 6.45) is 1.44. The summed E-state index contributed by atoms with van der Waals surface area (Å²) in [6.45, 7) is 3.81. The number of nitrogens with one attached hydrogen (secondary N) is 1. The lowest BCUT2D eigenvalue weighted by molar-refractivity contribution is -0.384. The fraction of sp³-hybridized carbons (Fsp3) is 0.100. The highest BCUT2D eigenvalue weighted by molar-refractivity contribution is 6.39. The average molecular weight is 522 g/mol. The molecule has 0 aliphatic carbocycles. The number of benzene rings is 4. The van der Waals surface area contributed by atoms with Gasteiger partial charge in [-0.05, 0) is 77.7 Å². The molecule has 39 heavy (non-hydrogen) atoms. The molecule has 0 bridgehead atoms. The summed E-state index contributed by atoms with van der Waals surface area (Å²) < 4.78 is 6.07. The molecule has 1 saturated heterocycles. The Morgan fingerprint density at radius 3 is 2.31 bits per heavy atom. The summed E-state index contributed by atoms with van der Waals surface area (Å²) in [5.74, 6) is -1.15. The van der Waals surface area contributed by atoms with Crippen LogP contribution in [0.4, 0.5) is 16.2 Å². The number of anilines is 1. The van der Waals surface area contributed by atoms with Crippen molar-refractivity contribution in [3.8, 4) is 5.75 Å². The average Bonchev–Trinajstić information content (AvgIpc) is 2.89. The molecule has 0 spiro atoms. The van der Waals surface area contributed by atoms with Gasteiger partial charge in [-0.3, -0.25) is 25.0 Å². The number of non-ortho nitro benzene ring substituents is 1. The largest absolute Gasteiger partial charge is 0.488 e. The van der Waals surface area contributed by atoms with Gasteiger partial charge in [-0.2, -0.15) is 0 Å². The number of imide groups is 2. The van der Waals surface area contributed by atoms with Crippen molar-refractivity contribution in [2.45, 2.75) is 20.5 Å². The maximum Gasteiger partial charge on any atom is 0.335 e. The summed E-state index contributed by atoms with van der Waals surface area (Å²) in [7, 11) is 0. The lowest BCUT2D eigenvalue weighted by Crippen LogP contribution is -2.54. The van der Waals surface area contributed by atoms with Gasteiger partial charge < -0.3 is 4.74 Å². The molecule has 1 N–H and O–H groups in total. The van der Waals surface area contributed by atoms with E-state index < -0.39 is 22.8 Å². The second-order valence-corrected chi connectivity index (χ2v) is 9.21. The van der Waals surface area contributed by atoms with E-state index in [1.54, 1.807) is 30.3 Å². The van der Waals surface area contributed by atoms with Crippen molar-refractivity contribution in [1.29, 1.82) is 0 Å². The zero-order chi connectivity index (χ0) is 27.7. The quantitative estimate of drug-likeness (QED) is 0.152. The summed E-state index contributed by atoms with van der Waals surface area (Å²) >= 11 is 0. The predicted molar refractivity (Wildman–Crippen MR) is 146 cm³/mol. The molecule has 4 amide bonds. The Bertz CT molecular complexity index is 1670. The standard InChI is InChI=1S/C30H23N3O6/c1-18-13-19(2)15-23(14-18)32-29(35)26(28(34)31-30(32)36)16-25-24-6-4-3-5-21(24)9-12-27(25)39-17-20-7-10-22(11-8-20)33(37)38/h3-16H,17H2,1-2H3,(H,31,34,36)/b26-16+. The number of nitrogens with zero attached hydrogens (tertiary/aromatic N) is 2. The van der Waals surface area contributed by atoms with E-state index in [0.29, 0.717) is 22.6 Å². The number of amides is 4. The molecule has 4 aromatic rings. The minimum absolute atomic E-state index is 0.0281. The van der Waals surface area contributed by atoms with E-state index in [9.17, 15) is 24.5 Å². The van der Waals surface area contributed by atoms with Crippen molar-refractivity contribution in [3.63, 3.8) is 0 Å². The first kappa shape index (κ1) is 25.3. The van der Waals surface area contributed by atoms with Crippen LogP contribution in [0.1, 0.15) is 22.3 Å². The Morgan fingerprint density at radius 2 is 1.62 bits per heavy atom. The maximum atomic E-state index is 13.6. The molecule has 0 atom stereocenters. The Kier molecular flexibility index (Phi) is 6.64. The normalized spacial score (nSPS) is 14.6. The van der Waals surface area contributed by atoms with Crippen molar-refractivity contribution >= 4 is 46.1 Å². The zero-order valence-electron chi connectivity index (χ0n) is 21.1. The van der Waals surface area contributed by atoms with Crippen LogP contribution in [0, 0.1) is 24.0 Å². The van der Waals surface area contributed by atoms with Crippen LogP contribution in [-0.4, -0.2) is 22.8 Å². The van der Waals surface area contributed by atoms with Gasteiger partial charge in [0.1, 0.15) is 17.9 Å². The lowest BCUT2D eigenvalue weighted by Gasteiger charge is -2.27. The molecule has 0 unspecified atom stereocenters. The van der Waals surface area contributed by atoms with Crippen molar-refractivity contribution < 1.29 is 24.0 Å². The number of urea groups is 1. The van der Waals surface area contributed by atoms with Gasteiger partial charge in [-0.15, -0.1) is 0 Å². The molecule has 9 heteroatoms. The Morgan fingerprint density at radius 1 is 0.923 bits per heavy atom. The van der Waals surface area contributed by atoms with Crippen LogP contribution >= 0.6 is 0 Å². The smallest absolute Gasteiger partial charge is 0.335 e. The van der Waals surface area contributed by atoms with Crippen molar-refractivity contribution in [3.05, 3.63) is 117 Å². The second kappa shape index (κ2) is 10.2. The number of barbiturate groups is 1. The monoisotopic (exact) mass is 521 g/mol. The number of hydrogen-bond donors (Lipinski definition) is 1. The number of rotatable bonds is 6. The summed E-state index contributed by atoms with van der Waals surface area (Å²) in [4.78, 5) is 50.6. The van der Waals surface area contributed by atoms with Crippen molar-refractivity contribution in [2.75, 3.05) is 4.90 Å². The summed E-state index contributed by atoms with van der Waals surface area (Å²) in [5.41, 5.74) is 3.03. The lowest BCUT2D eigenvalue weighted by atomic mass is 9.99. The number of ether oxygens (including phenoxy) is 1. The fourth-order valence-corrected chi connectivity index (χ4v) is 4.54. The van der Waals surface area contributed by atoms with Gasteiger partial charge in [0.05, 0.1) is 10.6 Å². The van der Waals surface area contributed by atoms with Gasteiger partial charge in [0.15, 0.2) is 0 Å². The molecule has 1 fully saturated rings. The van der Waals surface area contributed by atoms with Gasteiger partial charge >= 0.3 is 6.03 Å². The molecule has 1 aliphatic rings. The molecule has 9 nitrogen and oxygen atoms in total. The molecule has 4 aromatic carbocycles. The minimum Gasteiger partial charge on any atom is -0.488 e. The molecule has 0 radical (unpaired) electrons. The molecule has 0 aromatic heterocycles. The zero-order valence-corrected chi connectivity index (χ0v) is 21.1. The minimum atomic E-state index is -0.820. The first-order chi connectivity index (χ1) is 18.7. The van der Waals surface area contributed by atoms with Gasteiger partial charge in [0.2, 0.25) is 0 Å². The van der Waals surface area contributed by atoms with Crippen LogP contribution in [0.5, 0.6) is 5.75 Å². The van der Waals surface area contributed by atoms with Crippen molar-refractivity contribution in [1.82, 2.24) is 5.32 Å². The first-order valence-corrected chi connectivity index (χ1v) is 12.1. The molecule has 1 aliphatic heterocycles. The third-order valence-electron chi connectivity index (χ3n) is 6.33. The Labute approximate surface area is 223 Å². The van der Waals surface area contributed by atoms with E-state index in [1.807, 2.05) is 50.2 Å². The van der Waals surface area contributed by atoms with Crippen LogP contribution < -0.4 is 15.0 Å². The SMILES string of the molecule is Cc1cc(C)cc(N2C(=O)NC(=O)/C(=C\c3c(OCc4ccc([N+](=O)[O-])cc4)ccc4ccccc34)C2=O)c1. The first-order valence-electron chi connectivity index (χ1n) is 12.1. The second-order valence-electron chi connectivity index (χ2n) is 9.21. The molecular weight excluding hydrogens is 498 g/mol. The van der Waals surface area contributed by atoms with E-state index in [1.165, 1.54) is 18.2 Å². The molecule has 1 heterocycles. The number of fused-ring (bicyclic) bond motifs is 1. The van der Waals surface area contributed by atoms with E-state index in [2.05, 4.69) is 5.32 Å². The third-order valence-corrected chi connectivity index (χ3v) is 6.33. The highest BCUT2D eigenvalue weighted by Crippen LogP contribution is 2.33. The van der Waals surface area contributed by atoms with Gasteiger partial charge in [0, 0.05) is 17.7 Å². The van der Waals surface area contributed by atoms with Crippen LogP contribution in [0.3, 0.4) is 0 Å². The number of nitro benzene ring substituents is 1.